The molecule has 0 spiro atoms. The molecule has 1 aliphatic carbocycles. The number of nitrogens with zero attached hydrogens (tertiary/aromatic N) is 1. The van der Waals surface area contributed by atoms with Crippen molar-refractivity contribution in [2.24, 2.45) is 0 Å². The molecule has 0 heterocycles. The summed E-state index contributed by atoms with van der Waals surface area (Å²) in [5.41, 5.74) is 0.951. The van der Waals surface area contributed by atoms with Crippen LogP contribution < -0.4 is 4.74 Å². The van der Waals surface area contributed by atoms with Crippen LogP contribution in [-0.4, -0.2) is 12.0 Å². The van der Waals surface area contributed by atoms with Gasteiger partial charge < -0.3 is 4.74 Å². The highest BCUT2D eigenvalue weighted by molar-refractivity contribution is 5.53. The smallest absolute Gasteiger partial charge is 0.276 e. The Hall–Kier alpha value is -1.58. The van der Waals surface area contributed by atoms with Crippen molar-refractivity contribution in [1.29, 1.82) is 0 Å². The van der Waals surface area contributed by atoms with E-state index < -0.39 is 0 Å². The van der Waals surface area contributed by atoms with E-state index in [-0.39, 0.29) is 10.6 Å². The van der Waals surface area contributed by atoms with E-state index in [0.29, 0.717) is 11.7 Å². The summed E-state index contributed by atoms with van der Waals surface area (Å²) in [6, 6.07) is 4.97. The average Bonchev–Trinajstić information content (AvgIpc) is 2.99. The second-order valence-corrected chi connectivity index (χ2v) is 3.42. The quantitative estimate of drug-likeness (QED) is 0.547. The maximum absolute atomic E-state index is 10.8. The monoisotopic (exact) mass is 193 g/mol. The van der Waals surface area contributed by atoms with E-state index in [0.717, 1.165) is 18.4 Å². The van der Waals surface area contributed by atoms with E-state index in [1.54, 1.807) is 19.2 Å². The van der Waals surface area contributed by atoms with Crippen LogP contribution in [0.15, 0.2) is 18.2 Å². The number of rotatable bonds is 3. The largest absolute Gasteiger partial charge is 0.496 e. The van der Waals surface area contributed by atoms with E-state index in [4.69, 9.17) is 4.74 Å². The Bertz CT molecular complexity index is 372. The van der Waals surface area contributed by atoms with E-state index in [1.165, 1.54) is 6.07 Å². The van der Waals surface area contributed by atoms with E-state index in [2.05, 4.69) is 0 Å². The van der Waals surface area contributed by atoms with Gasteiger partial charge >= 0.3 is 0 Å². The summed E-state index contributed by atoms with van der Waals surface area (Å²) < 4.78 is 5.13. The van der Waals surface area contributed by atoms with Gasteiger partial charge in [-0.15, -0.1) is 0 Å². The molecule has 1 fully saturated rings. The normalized spacial score (nSPS) is 15.2. The number of benzene rings is 1. The maximum Gasteiger partial charge on any atom is 0.276 e. The summed E-state index contributed by atoms with van der Waals surface area (Å²) in [7, 11) is 1.55. The summed E-state index contributed by atoms with van der Waals surface area (Å²) in [6.45, 7) is 0. The highest BCUT2D eigenvalue weighted by Gasteiger charge is 2.33. The minimum Gasteiger partial charge on any atom is -0.496 e. The van der Waals surface area contributed by atoms with Crippen molar-refractivity contribution in [2.45, 2.75) is 18.8 Å². The molecule has 14 heavy (non-hydrogen) atoms. The lowest BCUT2D eigenvalue weighted by atomic mass is 10.1. The summed E-state index contributed by atoms with van der Waals surface area (Å²) >= 11 is 0. The minimum absolute atomic E-state index is 0.187. The van der Waals surface area contributed by atoms with Crippen molar-refractivity contribution in [3.8, 4) is 5.75 Å². The van der Waals surface area contributed by atoms with Crippen molar-refractivity contribution < 1.29 is 9.66 Å². The van der Waals surface area contributed by atoms with Gasteiger partial charge in [0, 0.05) is 6.07 Å². The van der Waals surface area contributed by atoms with Gasteiger partial charge in [-0.25, -0.2) is 0 Å². The molecule has 4 nitrogen and oxygen atoms in total. The molecule has 1 aliphatic rings. The number of hydrogen-bond donors (Lipinski definition) is 0. The van der Waals surface area contributed by atoms with Gasteiger partial charge in [0.25, 0.3) is 5.69 Å². The Morgan fingerprint density at radius 1 is 1.50 bits per heavy atom. The van der Waals surface area contributed by atoms with Gasteiger partial charge in [-0.05, 0) is 24.8 Å². The number of nitro groups is 1. The van der Waals surface area contributed by atoms with Gasteiger partial charge in [0.05, 0.1) is 17.6 Å². The molecule has 0 amide bonds. The van der Waals surface area contributed by atoms with Crippen LogP contribution in [-0.2, 0) is 0 Å². The lowest BCUT2D eigenvalue weighted by molar-refractivity contribution is -0.385. The van der Waals surface area contributed by atoms with Gasteiger partial charge in [0.15, 0.2) is 0 Å². The first-order chi connectivity index (χ1) is 6.74. The van der Waals surface area contributed by atoms with Crippen LogP contribution in [0.1, 0.15) is 24.3 Å². The zero-order valence-corrected chi connectivity index (χ0v) is 7.90. The number of methoxy groups -OCH3 is 1. The van der Waals surface area contributed by atoms with Gasteiger partial charge in [-0.3, -0.25) is 10.1 Å². The molecule has 1 aromatic rings. The van der Waals surface area contributed by atoms with Crippen LogP contribution in [0.25, 0.3) is 0 Å². The van der Waals surface area contributed by atoms with E-state index >= 15 is 0 Å². The first-order valence-electron chi connectivity index (χ1n) is 4.55. The van der Waals surface area contributed by atoms with Crippen LogP contribution in [0.4, 0.5) is 5.69 Å². The van der Waals surface area contributed by atoms with Crippen molar-refractivity contribution in [2.75, 3.05) is 7.11 Å². The van der Waals surface area contributed by atoms with Gasteiger partial charge in [0.2, 0.25) is 0 Å². The average molecular weight is 193 g/mol. The van der Waals surface area contributed by atoms with Crippen molar-refractivity contribution in [3.63, 3.8) is 0 Å². The lowest BCUT2D eigenvalue weighted by Crippen LogP contribution is -1.97. The molecule has 0 saturated heterocycles. The Kier molecular flexibility index (Phi) is 2.11. The van der Waals surface area contributed by atoms with Crippen LogP contribution in [0.5, 0.6) is 5.75 Å². The maximum atomic E-state index is 10.8. The summed E-state index contributed by atoms with van der Waals surface area (Å²) in [5.74, 6) is 0.966. The summed E-state index contributed by atoms with van der Waals surface area (Å²) in [5, 5.41) is 10.8. The molecule has 0 radical (unpaired) electrons. The summed E-state index contributed by atoms with van der Waals surface area (Å²) in [4.78, 5) is 10.4. The highest BCUT2D eigenvalue weighted by atomic mass is 16.6. The SMILES string of the molecule is COc1cccc([N+](=O)[O-])c1C1CC1. The second-order valence-electron chi connectivity index (χ2n) is 3.42. The molecule has 4 heteroatoms. The molecule has 0 bridgehead atoms. The molecule has 74 valence electrons. The molecular formula is C10H11NO3. The van der Waals surface area contributed by atoms with Gasteiger partial charge in [-0.2, -0.15) is 0 Å². The zero-order valence-electron chi connectivity index (χ0n) is 7.90. The molecule has 0 N–H and O–H groups in total. The Labute approximate surface area is 81.7 Å². The Morgan fingerprint density at radius 3 is 2.71 bits per heavy atom. The first kappa shape index (κ1) is 8.99. The fraction of sp³-hybridized carbons (Fsp3) is 0.400. The van der Waals surface area contributed by atoms with Crippen molar-refractivity contribution in [1.82, 2.24) is 0 Å². The van der Waals surface area contributed by atoms with Crippen LogP contribution in [0, 0.1) is 10.1 Å². The molecule has 0 unspecified atom stereocenters. The fourth-order valence-corrected chi connectivity index (χ4v) is 1.65. The van der Waals surface area contributed by atoms with E-state index in [1.807, 2.05) is 0 Å². The minimum atomic E-state index is -0.337. The third-order valence-corrected chi connectivity index (χ3v) is 2.45. The predicted molar refractivity (Wildman–Crippen MR) is 51.6 cm³/mol. The highest BCUT2D eigenvalue weighted by Crippen LogP contribution is 2.48. The first-order valence-corrected chi connectivity index (χ1v) is 4.55. The standard InChI is InChI=1S/C10H11NO3/c1-14-9-4-2-3-8(11(12)13)10(9)7-5-6-7/h2-4,7H,5-6H2,1H3. The number of nitro benzene ring substituents is 1. The zero-order chi connectivity index (χ0) is 10.1. The van der Waals surface area contributed by atoms with Crippen LogP contribution >= 0.6 is 0 Å². The molecule has 2 rings (SSSR count). The number of hydrogen-bond acceptors (Lipinski definition) is 3. The molecule has 1 saturated carbocycles. The van der Waals surface area contributed by atoms with Gasteiger partial charge in [0.1, 0.15) is 5.75 Å². The molecule has 0 aliphatic heterocycles. The van der Waals surface area contributed by atoms with Crippen molar-refractivity contribution in [3.05, 3.63) is 33.9 Å². The van der Waals surface area contributed by atoms with Crippen LogP contribution in [0.3, 0.4) is 0 Å². The van der Waals surface area contributed by atoms with Crippen molar-refractivity contribution >= 4 is 5.69 Å². The van der Waals surface area contributed by atoms with Gasteiger partial charge in [-0.1, -0.05) is 6.07 Å². The molecule has 1 aromatic carbocycles. The Morgan fingerprint density at radius 2 is 2.21 bits per heavy atom. The second kappa shape index (κ2) is 3.29. The predicted octanol–water partition coefficient (Wildman–Crippen LogP) is 2.48. The molecule has 0 atom stereocenters. The number of ether oxygens (including phenoxy) is 1. The van der Waals surface area contributed by atoms with E-state index in [9.17, 15) is 10.1 Å². The third kappa shape index (κ3) is 1.43. The molecular weight excluding hydrogens is 182 g/mol. The topological polar surface area (TPSA) is 52.4 Å². The lowest BCUT2D eigenvalue weighted by Gasteiger charge is -2.06. The van der Waals surface area contributed by atoms with Crippen LogP contribution in [0.2, 0.25) is 0 Å². The molecule has 0 aromatic heterocycles. The summed E-state index contributed by atoms with van der Waals surface area (Å²) in [6.07, 6.45) is 2.06. The Balaban J connectivity index is 2.52. The fourth-order valence-electron chi connectivity index (χ4n) is 1.65. The third-order valence-electron chi connectivity index (χ3n) is 2.45.